The molecule has 2 aromatic heterocycles. The van der Waals surface area contributed by atoms with Gasteiger partial charge in [-0.1, -0.05) is 39.0 Å². The first-order chi connectivity index (χ1) is 9.31. The predicted molar refractivity (Wildman–Crippen MR) is 75.0 cm³/mol. The lowest BCUT2D eigenvalue weighted by Crippen LogP contribution is -2.03. The Morgan fingerprint density at radius 1 is 1.16 bits per heavy atom. The van der Waals surface area contributed by atoms with Crippen LogP contribution >= 0.6 is 0 Å². The standard InChI is InChI=1S/C13H21N5O/c1-2-3-4-5-6-7-8-19-13-17-11(14)10-12(18-13)16-9-15-10/h9H,2-8H2,1H3,(H3,14,15,16,17,18). The minimum Gasteiger partial charge on any atom is -0.463 e. The summed E-state index contributed by atoms with van der Waals surface area (Å²) < 4.78 is 5.51. The third-order valence-corrected chi connectivity index (χ3v) is 3.02. The number of ether oxygens (including phenoxy) is 1. The zero-order chi connectivity index (χ0) is 13.5. The molecule has 0 saturated carbocycles. The molecule has 6 heteroatoms. The molecule has 0 aliphatic rings. The third-order valence-electron chi connectivity index (χ3n) is 3.02. The fourth-order valence-corrected chi connectivity index (χ4v) is 1.95. The number of hydrogen-bond acceptors (Lipinski definition) is 5. The van der Waals surface area contributed by atoms with Gasteiger partial charge in [-0.25, -0.2) is 4.98 Å². The van der Waals surface area contributed by atoms with Crippen LogP contribution in [-0.2, 0) is 0 Å². The number of rotatable bonds is 8. The van der Waals surface area contributed by atoms with E-state index in [9.17, 15) is 0 Å². The maximum atomic E-state index is 5.78. The number of nitrogen functional groups attached to an aromatic ring is 1. The average molecular weight is 263 g/mol. The van der Waals surface area contributed by atoms with E-state index in [1.54, 1.807) is 6.33 Å². The maximum absolute atomic E-state index is 5.78. The van der Waals surface area contributed by atoms with E-state index in [1.807, 2.05) is 0 Å². The molecular weight excluding hydrogens is 242 g/mol. The highest BCUT2D eigenvalue weighted by Crippen LogP contribution is 2.16. The van der Waals surface area contributed by atoms with Gasteiger partial charge in [0.05, 0.1) is 12.9 Å². The molecule has 104 valence electrons. The van der Waals surface area contributed by atoms with Crippen molar-refractivity contribution in [2.24, 2.45) is 0 Å². The van der Waals surface area contributed by atoms with Crippen LogP contribution in [0.25, 0.3) is 11.2 Å². The van der Waals surface area contributed by atoms with Gasteiger partial charge in [0, 0.05) is 0 Å². The molecule has 0 saturated heterocycles. The first kappa shape index (κ1) is 13.6. The van der Waals surface area contributed by atoms with Crippen LogP contribution in [-0.4, -0.2) is 26.5 Å². The summed E-state index contributed by atoms with van der Waals surface area (Å²) in [4.78, 5) is 15.2. The molecule has 0 atom stereocenters. The Balaban J connectivity index is 1.75. The number of aromatic amines is 1. The van der Waals surface area contributed by atoms with Crippen molar-refractivity contribution in [1.82, 2.24) is 19.9 Å². The van der Waals surface area contributed by atoms with Crippen LogP contribution in [0.3, 0.4) is 0 Å². The second kappa shape index (κ2) is 6.92. The first-order valence-corrected chi connectivity index (χ1v) is 6.90. The number of hydrogen-bond donors (Lipinski definition) is 2. The van der Waals surface area contributed by atoms with Crippen LogP contribution in [0.5, 0.6) is 6.01 Å². The summed E-state index contributed by atoms with van der Waals surface area (Å²) in [5, 5.41) is 0. The number of fused-ring (bicyclic) bond motifs is 1. The molecular formula is C13H21N5O. The molecule has 0 radical (unpaired) electrons. The van der Waals surface area contributed by atoms with Crippen molar-refractivity contribution < 1.29 is 4.74 Å². The number of nitrogens with zero attached hydrogens (tertiary/aromatic N) is 3. The summed E-state index contributed by atoms with van der Waals surface area (Å²) >= 11 is 0. The predicted octanol–water partition coefficient (Wildman–Crippen LogP) is 2.67. The second-order valence-corrected chi connectivity index (χ2v) is 4.61. The van der Waals surface area contributed by atoms with Crippen molar-refractivity contribution in [3.8, 4) is 6.01 Å². The van der Waals surface area contributed by atoms with Gasteiger partial charge >= 0.3 is 6.01 Å². The molecule has 0 fully saturated rings. The number of H-pyrrole nitrogens is 1. The van der Waals surface area contributed by atoms with E-state index in [4.69, 9.17) is 10.5 Å². The van der Waals surface area contributed by atoms with Gasteiger partial charge in [-0.05, 0) is 6.42 Å². The number of nitrogens with two attached hydrogens (primary N) is 1. The Bertz CT molecular complexity index is 511. The van der Waals surface area contributed by atoms with Crippen molar-refractivity contribution >= 4 is 17.0 Å². The fraction of sp³-hybridized carbons (Fsp3) is 0.615. The van der Waals surface area contributed by atoms with Crippen LogP contribution in [0.1, 0.15) is 45.4 Å². The molecule has 6 nitrogen and oxygen atoms in total. The summed E-state index contributed by atoms with van der Waals surface area (Å²) in [5.41, 5.74) is 6.99. The number of nitrogens with one attached hydrogen (secondary N) is 1. The molecule has 0 amide bonds. The fourth-order valence-electron chi connectivity index (χ4n) is 1.95. The molecule has 0 aliphatic carbocycles. The van der Waals surface area contributed by atoms with E-state index in [2.05, 4.69) is 26.9 Å². The van der Waals surface area contributed by atoms with Gasteiger partial charge in [-0.3, -0.25) is 0 Å². The van der Waals surface area contributed by atoms with E-state index in [0.717, 1.165) is 6.42 Å². The Hall–Kier alpha value is -1.85. The van der Waals surface area contributed by atoms with Crippen LogP contribution in [0.4, 0.5) is 5.82 Å². The van der Waals surface area contributed by atoms with E-state index >= 15 is 0 Å². The average Bonchev–Trinajstić information content (AvgIpc) is 2.86. The Morgan fingerprint density at radius 2 is 1.95 bits per heavy atom. The number of aromatic nitrogens is 4. The van der Waals surface area contributed by atoms with Gasteiger partial charge < -0.3 is 15.5 Å². The summed E-state index contributed by atoms with van der Waals surface area (Å²) in [6.07, 6.45) is 8.90. The largest absolute Gasteiger partial charge is 0.463 e. The van der Waals surface area contributed by atoms with Crippen LogP contribution in [0.15, 0.2) is 6.33 Å². The molecule has 2 heterocycles. The molecule has 0 bridgehead atoms. The number of anilines is 1. The zero-order valence-electron chi connectivity index (χ0n) is 11.4. The normalized spacial score (nSPS) is 11.0. The van der Waals surface area contributed by atoms with E-state index in [1.165, 1.54) is 32.1 Å². The second-order valence-electron chi connectivity index (χ2n) is 4.61. The highest BCUT2D eigenvalue weighted by atomic mass is 16.5. The van der Waals surface area contributed by atoms with Crippen LogP contribution in [0, 0.1) is 0 Å². The van der Waals surface area contributed by atoms with Crippen molar-refractivity contribution in [2.75, 3.05) is 12.3 Å². The Kier molecular flexibility index (Phi) is 4.94. The lowest BCUT2D eigenvalue weighted by molar-refractivity contribution is 0.283. The van der Waals surface area contributed by atoms with Gasteiger partial charge in [0.2, 0.25) is 0 Å². The quantitative estimate of drug-likeness (QED) is 0.715. The van der Waals surface area contributed by atoms with Crippen LogP contribution in [0.2, 0.25) is 0 Å². The molecule has 0 aromatic carbocycles. The van der Waals surface area contributed by atoms with E-state index < -0.39 is 0 Å². The molecule has 2 aromatic rings. The minimum absolute atomic E-state index is 0.311. The van der Waals surface area contributed by atoms with E-state index in [0.29, 0.717) is 29.6 Å². The minimum atomic E-state index is 0.311. The summed E-state index contributed by atoms with van der Waals surface area (Å²) in [7, 11) is 0. The Labute approximate surface area is 112 Å². The lowest BCUT2D eigenvalue weighted by Gasteiger charge is -2.05. The Morgan fingerprint density at radius 3 is 2.79 bits per heavy atom. The zero-order valence-corrected chi connectivity index (χ0v) is 11.4. The van der Waals surface area contributed by atoms with Crippen molar-refractivity contribution in [1.29, 1.82) is 0 Å². The van der Waals surface area contributed by atoms with Gasteiger partial charge in [0.15, 0.2) is 11.5 Å². The molecule has 0 aliphatic heterocycles. The topological polar surface area (TPSA) is 89.7 Å². The van der Waals surface area contributed by atoms with Crippen molar-refractivity contribution in [3.63, 3.8) is 0 Å². The van der Waals surface area contributed by atoms with Gasteiger partial charge in [-0.15, -0.1) is 0 Å². The van der Waals surface area contributed by atoms with Gasteiger partial charge in [0.25, 0.3) is 0 Å². The summed E-state index contributed by atoms with van der Waals surface area (Å²) in [6.45, 7) is 2.84. The van der Waals surface area contributed by atoms with Crippen molar-refractivity contribution in [3.05, 3.63) is 6.33 Å². The van der Waals surface area contributed by atoms with Crippen LogP contribution < -0.4 is 10.5 Å². The molecule has 2 rings (SSSR count). The molecule has 0 unspecified atom stereocenters. The highest BCUT2D eigenvalue weighted by molar-refractivity contribution is 5.81. The van der Waals surface area contributed by atoms with E-state index in [-0.39, 0.29) is 0 Å². The monoisotopic (exact) mass is 263 g/mol. The maximum Gasteiger partial charge on any atom is 0.320 e. The SMILES string of the molecule is CCCCCCCCOc1nc(N)c2[nH]cnc2n1. The highest BCUT2D eigenvalue weighted by Gasteiger charge is 2.07. The first-order valence-electron chi connectivity index (χ1n) is 6.90. The summed E-state index contributed by atoms with van der Waals surface area (Å²) in [5.74, 6) is 0.375. The smallest absolute Gasteiger partial charge is 0.320 e. The molecule has 3 N–H and O–H groups in total. The number of imidazole rings is 1. The van der Waals surface area contributed by atoms with Crippen molar-refractivity contribution in [2.45, 2.75) is 45.4 Å². The van der Waals surface area contributed by atoms with Gasteiger partial charge in [0.1, 0.15) is 5.52 Å². The lowest BCUT2D eigenvalue weighted by atomic mass is 10.1. The van der Waals surface area contributed by atoms with Gasteiger partial charge in [-0.2, -0.15) is 9.97 Å². The summed E-state index contributed by atoms with van der Waals surface area (Å²) in [6, 6.07) is 0.311. The third kappa shape index (κ3) is 3.81. The number of unbranched alkanes of at least 4 members (excludes halogenated alkanes) is 5. The molecule has 19 heavy (non-hydrogen) atoms. The molecule has 0 spiro atoms.